The van der Waals surface area contributed by atoms with Gasteiger partial charge in [-0.2, -0.15) is 0 Å². The fourth-order valence-corrected chi connectivity index (χ4v) is 4.76. The number of amides is 1. The van der Waals surface area contributed by atoms with Crippen LogP contribution in [0.2, 0.25) is 0 Å². The number of hydrogen-bond acceptors (Lipinski definition) is 8. The van der Waals surface area contributed by atoms with Gasteiger partial charge in [-0.15, -0.1) is 0 Å². The maximum atomic E-state index is 13.3. The second-order valence-corrected chi connectivity index (χ2v) is 8.62. The zero-order chi connectivity index (χ0) is 25.7. The molecule has 0 saturated carbocycles. The highest BCUT2D eigenvalue weighted by molar-refractivity contribution is 6.46. The normalized spacial score (nSPS) is 20.0. The summed E-state index contributed by atoms with van der Waals surface area (Å²) in [6.07, 6.45) is 0.666. The number of hydrogen-bond donors (Lipinski definition) is 1. The Bertz CT molecular complexity index is 1100. The molecule has 192 valence electrons. The van der Waals surface area contributed by atoms with Crippen molar-refractivity contribution in [2.75, 3.05) is 60.7 Å². The van der Waals surface area contributed by atoms with Gasteiger partial charge in [-0.25, -0.2) is 0 Å². The minimum Gasteiger partial charge on any atom is -0.507 e. The van der Waals surface area contributed by atoms with Crippen LogP contribution in [0.5, 0.6) is 17.2 Å². The summed E-state index contributed by atoms with van der Waals surface area (Å²) >= 11 is 0. The number of nitrogens with zero attached hydrogens (tertiary/aromatic N) is 2. The van der Waals surface area contributed by atoms with Crippen LogP contribution in [-0.2, 0) is 14.3 Å². The molecule has 1 N–H and O–H groups in total. The van der Waals surface area contributed by atoms with Crippen molar-refractivity contribution in [2.24, 2.45) is 0 Å². The third kappa shape index (κ3) is 5.03. The lowest BCUT2D eigenvalue weighted by molar-refractivity contribution is -0.140. The molecule has 0 radical (unpaired) electrons. The third-order valence-corrected chi connectivity index (χ3v) is 6.57. The summed E-state index contributed by atoms with van der Waals surface area (Å²) in [6, 6.07) is 11.4. The first-order valence-corrected chi connectivity index (χ1v) is 11.9. The average molecular weight is 497 g/mol. The van der Waals surface area contributed by atoms with Crippen molar-refractivity contribution in [2.45, 2.75) is 12.5 Å². The standard InChI is InChI=1S/C27H32N2O7/c1-33-20-16-19(17-21(34-2)26(20)35-3)23-22(24(30)18-8-5-4-6-9-18)25(31)27(32)29(23)11-7-10-28-12-14-36-15-13-28/h4-6,8-9,16-17,23,30H,7,10-15H2,1-3H3/b24-22+. The van der Waals surface area contributed by atoms with E-state index in [0.29, 0.717) is 54.6 Å². The molecule has 1 amide bonds. The Morgan fingerprint density at radius 1 is 0.972 bits per heavy atom. The largest absolute Gasteiger partial charge is 0.507 e. The van der Waals surface area contributed by atoms with Crippen LogP contribution < -0.4 is 14.2 Å². The van der Waals surface area contributed by atoms with Gasteiger partial charge < -0.3 is 29.0 Å². The molecule has 2 saturated heterocycles. The summed E-state index contributed by atoms with van der Waals surface area (Å²) in [5.74, 6) is -0.398. The Kier molecular flexibility index (Phi) is 8.12. The monoisotopic (exact) mass is 496 g/mol. The predicted molar refractivity (Wildman–Crippen MR) is 133 cm³/mol. The Balaban J connectivity index is 1.76. The summed E-state index contributed by atoms with van der Waals surface area (Å²) in [7, 11) is 4.52. The van der Waals surface area contributed by atoms with Crippen LogP contribution in [-0.4, -0.2) is 87.3 Å². The molecule has 0 spiro atoms. The molecule has 2 heterocycles. The van der Waals surface area contributed by atoms with Gasteiger partial charge in [-0.3, -0.25) is 14.5 Å². The molecule has 36 heavy (non-hydrogen) atoms. The average Bonchev–Trinajstić information content (AvgIpc) is 3.17. The maximum absolute atomic E-state index is 13.3. The molecule has 2 aromatic rings. The highest BCUT2D eigenvalue weighted by Gasteiger charge is 2.46. The Morgan fingerprint density at radius 3 is 2.19 bits per heavy atom. The van der Waals surface area contributed by atoms with E-state index in [1.165, 1.54) is 26.2 Å². The minimum atomic E-state index is -0.816. The molecule has 2 aromatic carbocycles. The van der Waals surface area contributed by atoms with E-state index in [1.54, 1.807) is 36.4 Å². The number of morpholine rings is 1. The number of likely N-dealkylation sites (tertiary alicyclic amines) is 1. The highest BCUT2D eigenvalue weighted by Crippen LogP contribution is 2.45. The van der Waals surface area contributed by atoms with Gasteiger partial charge in [0.1, 0.15) is 5.76 Å². The maximum Gasteiger partial charge on any atom is 0.295 e. The molecule has 0 aromatic heterocycles. The van der Waals surface area contributed by atoms with Crippen molar-refractivity contribution in [3.8, 4) is 17.2 Å². The lowest BCUT2D eigenvalue weighted by atomic mass is 9.94. The Morgan fingerprint density at radius 2 is 1.61 bits per heavy atom. The van der Waals surface area contributed by atoms with Crippen molar-refractivity contribution in [3.05, 3.63) is 59.2 Å². The molecular weight excluding hydrogens is 464 g/mol. The topological polar surface area (TPSA) is 97.8 Å². The molecule has 2 aliphatic rings. The van der Waals surface area contributed by atoms with E-state index in [9.17, 15) is 14.7 Å². The van der Waals surface area contributed by atoms with Gasteiger partial charge in [0.05, 0.1) is 46.2 Å². The van der Waals surface area contributed by atoms with Crippen LogP contribution in [0.15, 0.2) is 48.0 Å². The second-order valence-electron chi connectivity index (χ2n) is 8.62. The number of carbonyl (C=O) groups is 2. The van der Waals surface area contributed by atoms with Crippen molar-refractivity contribution < 1.29 is 33.6 Å². The molecule has 1 unspecified atom stereocenters. The number of aliphatic hydroxyl groups is 1. The molecule has 9 heteroatoms. The summed E-state index contributed by atoms with van der Waals surface area (Å²) in [5.41, 5.74) is 1.07. The number of benzene rings is 2. The number of carbonyl (C=O) groups excluding carboxylic acids is 2. The molecule has 9 nitrogen and oxygen atoms in total. The molecular formula is C27H32N2O7. The SMILES string of the molecule is COc1cc(C2/C(=C(\O)c3ccccc3)C(=O)C(=O)N2CCCN2CCOCC2)cc(OC)c1OC. The summed E-state index contributed by atoms with van der Waals surface area (Å²) in [4.78, 5) is 30.3. The molecule has 1 atom stereocenters. The second kappa shape index (κ2) is 11.5. The Labute approximate surface area is 210 Å². The first-order chi connectivity index (χ1) is 17.5. The lowest BCUT2D eigenvalue weighted by Crippen LogP contribution is -2.39. The van der Waals surface area contributed by atoms with E-state index in [1.807, 2.05) is 6.07 Å². The van der Waals surface area contributed by atoms with Gasteiger partial charge >= 0.3 is 0 Å². The Hall–Kier alpha value is -3.56. The summed E-state index contributed by atoms with van der Waals surface area (Å²) in [6.45, 7) is 4.16. The van der Waals surface area contributed by atoms with E-state index >= 15 is 0 Å². The third-order valence-electron chi connectivity index (χ3n) is 6.57. The molecule has 0 bridgehead atoms. The van der Waals surface area contributed by atoms with Crippen LogP contribution in [0.25, 0.3) is 5.76 Å². The molecule has 2 aliphatic heterocycles. The van der Waals surface area contributed by atoms with E-state index in [4.69, 9.17) is 18.9 Å². The number of ketones is 1. The van der Waals surface area contributed by atoms with Crippen LogP contribution in [0.1, 0.15) is 23.6 Å². The fourth-order valence-electron chi connectivity index (χ4n) is 4.76. The van der Waals surface area contributed by atoms with Crippen LogP contribution in [0.3, 0.4) is 0 Å². The van der Waals surface area contributed by atoms with E-state index in [-0.39, 0.29) is 11.3 Å². The molecule has 4 rings (SSSR count). The van der Waals surface area contributed by atoms with E-state index in [2.05, 4.69) is 4.90 Å². The zero-order valence-corrected chi connectivity index (χ0v) is 20.9. The van der Waals surface area contributed by atoms with Crippen molar-refractivity contribution in [1.29, 1.82) is 0 Å². The van der Waals surface area contributed by atoms with Gasteiger partial charge in [0.25, 0.3) is 11.7 Å². The number of Topliss-reactive ketones (excluding diaryl/α,β-unsaturated/α-hetero) is 1. The van der Waals surface area contributed by atoms with Crippen molar-refractivity contribution >= 4 is 17.4 Å². The summed E-state index contributed by atoms with van der Waals surface area (Å²) in [5, 5.41) is 11.2. The van der Waals surface area contributed by atoms with Gasteiger partial charge in [-0.1, -0.05) is 30.3 Å². The number of ether oxygens (including phenoxy) is 4. The number of methoxy groups -OCH3 is 3. The lowest BCUT2D eigenvalue weighted by Gasteiger charge is -2.29. The zero-order valence-electron chi connectivity index (χ0n) is 20.9. The number of rotatable bonds is 9. The van der Waals surface area contributed by atoms with E-state index in [0.717, 1.165) is 19.6 Å². The van der Waals surface area contributed by atoms with Gasteiger partial charge in [0.2, 0.25) is 5.75 Å². The van der Waals surface area contributed by atoms with Gasteiger partial charge in [-0.05, 0) is 24.1 Å². The summed E-state index contributed by atoms with van der Waals surface area (Å²) < 4.78 is 21.9. The van der Waals surface area contributed by atoms with Crippen LogP contribution >= 0.6 is 0 Å². The first kappa shape index (κ1) is 25.5. The van der Waals surface area contributed by atoms with Gasteiger partial charge in [0, 0.05) is 31.7 Å². The number of aliphatic hydroxyl groups excluding tert-OH is 1. The van der Waals surface area contributed by atoms with Crippen molar-refractivity contribution in [3.63, 3.8) is 0 Å². The fraction of sp³-hybridized carbons (Fsp3) is 0.407. The van der Waals surface area contributed by atoms with Crippen LogP contribution in [0, 0.1) is 0 Å². The minimum absolute atomic E-state index is 0.0341. The molecule has 0 aliphatic carbocycles. The smallest absolute Gasteiger partial charge is 0.295 e. The quantitative estimate of drug-likeness (QED) is 0.322. The highest BCUT2D eigenvalue weighted by atomic mass is 16.5. The van der Waals surface area contributed by atoms with E-state index < -0.39 is 17.7 Å². The predicted octanol–water partition coefficient (Wildman–Crippen LogP) is 2.86. The first-order valence-electron chi connectivity index (χ1n) is 11.9. The van der Waals surface area contributed by atoms with Crippen LogP contribution in [0.4, 0.5) is 0 Å². The molecule has 2 fully saturated rings. The van der Waals surface area contributed by atoms with Gasteiger partial charge in [0.15, 0.2) is 11.5 Å². The van der Waals surface area contributed by atoms with Crippen molar-refractivity contribution in [1.82, 2.24) is 9.80 Å².